The Hall–Kier alpha value is -3.01. The molecule has 0 spiro atoms. The Labute approximate surface area is 178 Å². The summed E-state index contributed by atoms with van der Waals surface area (Å²) in [6.45, 7) is 5.01. The van der Waals surface area contributed by atoms with Gasteiger partial charge in [-0.2, -0.15) is 0 Å². The van der Waals surface area contributed by atoms with Gasteiger partial charge in [-0.05, 0) is 73.1 Å². The van der Waals surface area contributed by atoms with Crippen LogP contribution in [0.2, 0.25) is 0 Å². The van der Waals surface area contributed by atoms with Crippen molar-refractivity contribution in [2.24, 2.45) is 0 Å². The largest absolute Gasteiger partial charge is 0.331 e. The number of benzene rings is 2. The maximum Gasteiger partial charge on any atom is 0.254 e. The first-order valence-electron chi connectivity index (χ1n) is 11.0. The summed E-state index contributed by atoms with van der Waals surface area (Å²) < 4.78 is 0. The molecule has 30 heavy (non-hydrogen) atoms. The van der Waals surface area contributed by atoms with Gasteiger partial charge in [-0.3, -0.25) is 4.79 Å². The van der Waals surface area contributed by atoms with Crippen molar-refractivity contribution in [1.82, 2.24) is 15.8 Å². The number of hydrogen-bond donors (Lipinski definition) is 2. The molecule has 0 atom stereocenters. The summed E-state index contributed by atoms with van der Waals surface area (Å²) in [6.07, 6.45) is 9.80. The van der Waals surface area contributed by atoms with Crippen molar-refractivity contribution >= 4 is 11.5 Å². The third kappa shape index (κ3) is 3.51. The molecule has 0 aromatic heterocycles. The fraction of sp³-hybridized carbons (Fsp3) is 0.346. The second kappa shape index (κ2) is 7.67. The minimum atomic E-state index is 0.237. The molecule has 0 radical (unpaired) electrons. The van der Waals surface area contributed by atoms with Crippen LogP contribution in [-0.4, -0.2) is 16.8 Å². The third-order valence-corrected chi connectivity index (χ3v) is 6.71. The minimum Gasteiger partial charge on any atom is -0.331 e. The summed E-state index contributed by atoms with van der Waals surface area (Å²) in [5, 5.41) is 0. The number of amides is 1. The smallest absolute Gasteiger partial charge is 0.254 e. The second-order valence-electron chi connectivity index (χ2n) is 8.88. The number of aryl methyl sites for hydroxylation is 1. The zero-order valence-corrected chi connectivity index (χ0v) is 17.8. The average Bonchev–Trinajstić information content (AvgIpc) is 3.38. The highest BCUT2D eigenvalue weighted by Gasteiger charge is 2.34. The van der Waals surface area contributed by atoms with E-state index in [1.807, 2.05) is 13.1 Å². The molecule has 0 bridgehead atoms. The van der Waals surface area contributed by atoms with Crippen LogP contribution in [-0.2, 0) is 13.0 Å². The van der Waals surface area contributed by atoms with E-state index in [2.05, 4.69) is 65.1 Å². The lowest BCUT2D eigenvalue weighted by Crippen LogP contribution is -2.33. The molecule has 2 aromatic carbocycles. The van der Waals surface area contributed by atoms with Crippen LogP contribution in [0, 0.1) is 6.92 Å². The van der Waals surface area contributed by atoms with E-state index in [9.17, 15) is 4.79 Å². The number of hydrazine groups is 1. The Kier molecular flexibility index (Phi) is 4.86. The zero-order chi connectivity index (χ0) is 20.7. The topological polar surface area (TPSA) is 44.4 Å². The highest BCUT2D eigenvalue weighted by Crippen LogP contribution is 2.33. The van der Waals surface area contributed by atoms with Gasteiger partial charge in [0.2, 0.25) is 0 Å². The molecule has 154 valence electrons. The molecule has 0 saturated heterocycles. The summed E-state index contributed by atoms with van der Waals surface area (Å²) in [7, 11) is 0. The van der Waals surface area contributed by atoms with Crippen LogP contribution >= 0.6 is 0 Å². The van der Waals surface area contributed by atoms with Crippen molar-refractivity contribution in [3.05, 3.63) is 87.8 Å². The van der Waals surface area contributed by atoms with Gasteiger partial charge in [0.05, 0.1) is 0 Å². The summed E-state index contributed by atoms with van der Waals surface area (Å²) in [4.78, 5) is 15.2. The van der Waals surface area contributed by atoms with Gasteiger partial charge in [-0.25, -0.2) is 0 Å². The molecule has 0 unspecified atom stereocenters. The Bertz CT molecular complexity index is 1040. The van der Waals surface area contributed by atoms with E-state index in [1.54, 1.807) is 0 Å². The van der Waals surface area contributed by atoms with E-state index in [-0.39, 0.29) is 5.91 Å². The first kappa shape index (κ1) is 19.0. The van der Waals surface area contributed by atoms with Crippen molar-refractivity contribution in [3.63, 3.8) is 0 Å². The lowest BCUT2D eigenvalue weighted by atomic mass is 9.94. The van der Waals surface area contributed by atoms with Crippen LogP contribution in [0.1, 0.15) is 70.8 Å². The lowest BCUT2D eigenvalue weighted by Gasteiger charge is -2.23. The van der Waals surface area contributed by atoms with Crippen LogP contribution in [0.5, 0.6) is 0 Å². The molecule has 5 rings (SSSR count). The first-order valence-corrected chi connectivity index (χ1v) is 11.0. The van der Waals surface area contributed by atoms with Gasteiger partial charge in [0.25, 0.3) is 5.91 Å². The fourth-order valence-electron chi connectivity index (χ4n) is 4.99. The molecular formula is C26H29N3O. The first-order chi connectivity index (χ1) is 14.6. The van der Waals surface area contributed by atoms with Gasteiger partial charge in [0.1, 0.15) is 0 Å². The summed E-state index contributed by atoms with van der Waals surface area (Å²) in [6, 6.07) is 13.6. The Morgan fingerprint density at radius 3 is 2.57 bits per heavy atom. The fourth-order valence-corrected chi connectivity index (χ4v) is 4.99. The molecule has 2 aromatic rings. The summed E-state index contributed by atoms with van der Waals surface area (Å²) in [5.74, 6) is 0.237. The molecule has 3 aliphatic rings. The van der Waals surface area contributed by atoms with Crippen LogP contribution < -0.4 is 10.9 Å². The van der Waals surface area contributed by atoms with Crippen molar-refractivity contribution < 1.29 is 4.79 Å². The van der Waals surface area contributed by atoms with Crippen molar-refractivity contribution in [3.8, 4) is 0 Å². The zero-order valence-electron chi connectivity index (χ0n) is 17.8. The van der Waals surface area contributed by atoms with Gasteiger partial charge < -0.3 is 15.8 Å². The molecule has 2 aliphatic heterocycles. The number of hydrogen-bond acceptors (Lipinski definition) is 3. The van der Waals surface area contributed by atoms with Gasteiger partial charge >= 0.3 is 0 Å². The highest BCUT2D eigenvalue weighted by atomic mass is 16.2. The van der Waals surface area contributed by atoms with E-state index in [1.165, 1.54) is 46.2 Å². The number of fused-ring (bicyclic) bond motifs is 1. The molecule has 1 fully saturated rings. The Morgan fingerprint density at radius 1 is 1.07 bits per heavy atom. The predicted octanol–water partition coefficient (Wildman–Crippen LogP) is 4.84. The maximum atomic E-state index is 13.0. The number of carbonyl (C=O) groups excluding carboxylic acids is 1. The van der Waals surface area contributed by atoms with Crippen molar-refractivity contribution in [2.75, 3.05) is 0 Å². The molecule has 4 heteroatoms. The Balaban J connectivity index is 1.35. The van der Waals surface area contributed by atoms with Crippen LogP contribution in [0.25, 0.3) is 5.57 Å². The molecule has 1 amide bonds. The lowest BCUT2D eigenvalue weighted by molar-refractivity contribution is 0.0707. The minimum absolute atomic E-state index is 0.237. The number of rotatable bonds is 4. The molecular weight excluding hydrogens is 370 g/mol. The van der Waals surface area contributed by atoms with E-state index < -0.39 is 0 Å². The number of allylic oxidation sites excluding steroid dienone is 3. The monoisotopic (exact) mass is 399 g/mol. The average molecular weight is 400 g/mol. The standard InChI is InChI=1S/C26H29N3O/c1-17-11-23-16-29(24-5-3-4-6-24)26(30)25(23)14-21(17)13-19-7-9-20(10-8-19)22-12-18(2)28-27-15-22/h7-12,14-15,24,27-28H,3-6,13,16H2,1-2H3. The highest BCUT2D eigenvalue weighted by molar-refractivity contribution is 5.99. The summed E-state index contributed by atoms with van der Waals surface area (Å²) >= 11 is 0. The van der Waals surface area contributed by atoms with E-state index in [0.29, 0.717) is 6.04 Å². The number of nitrogens with one attached hydrogen (secondary N) is 2. The SMILES string of the molecule is CC1=CC(c2ccc(Cc3cc4c(cc3C)CN(C3CCCC3)C4=O)cc2)=CNN1. The van der Waals surface area contributed by atoms with E-state index in [0.717, 1.165) is 37.1 Å². The van der Waals surface area contributed by atoms with Crippen molar-refractivity contribution in [1.29, 1.82) is 0 Å². The second-order valence-corrected chi connectivity index (χ2v) is 8.88. The van der Waals surface area contributed by atoms with Gasteiger partial charge in [0.15, 0.2) is 0 Å². The molecule has 1 saturated carbocycles. The van der Waals surface area contributed by atoms with Gasteiger partial charge in [-0.1, -0.05) is 43.2 Å². The van der Waals surface area contributed by atoms with E-state index >= 15 is 0 Å². The molecule has 4 nitrogen and oxygen atoms in total. The van der Waals surface area contributed by atoms with Gasteiger partial charge in [-0.15, -0.1) is 0 Å². The Morgan fingerprint density at radius 2 is 1.83 bits per heavy atom. The van der Waals surface area contributed by atoms with Crippen LogP contribution in [0.15, 0.2) is 54.4 Å². The molecule has 2 heterocycles. The quantitative estimate of drug-likeness (QED) is 0.773. The van der Waals surface area contributed by atoms with Crippen LogP contribution in [0.3, 0.4) is 0 Å². The van der Waals surface area contributed by atoms with Gasteiger partial charge in [0, 0.05) is 35.6 Å². The normalized spacial score (nSPS) is 18.6. The number of carbonyl (C=O) groups is 1. The third-order valence-electron chi connectivity index (χ3n) is 6.71. The van der Waals surface area contributed by atoms with E-state index in [4.69, 9.17) is 0 Å². The molecule has 2 N–H and O–H groups in total. The van der Waals surface area contributed by atoms with Crippen LogP contribution in [0.4, 0.5) is 0 Å². The van der Waals surface area contributed by atoms with Crippen molar-refractivity contribution in [2.45, 2.75) is 58.5 Å². The maximum absolute atomic E-state index is 13.0. The number of nitrogens with zero attached hydrogens (tertiary/aromatic N) is 1. The predicted molar refractivity (Wildman–Crippen MR) is 121 cm³/mol. The molecule has 1 aliphatic carbocycles. The summed E-state index contributed by atoms with van der Waals surface area (Å²) in [5.41, 5.74) is 15.5.